The van der Waals surface area contributed by atoms with Gasteiger partial charge in [-0.15, -0.1) is 6.58 Å². The van der Waals surface area contributed by atoms with Crippen LogP contribution in [0.5, 0.6) is 0 Å². The van der Waals surface area contributed by atoms with Crippen LogP contribution in [0, 0.1) is 5.82 Å². The van der Waals surface area contributed by atoms with Gasteiger partial charge in [-0.1, -0.05) is 31.2 Å². The predicted molar refractivity (Wildman–Crippen MR) is 82.0 cm³/mol. The molecule has 20 heavy (non-hydrogen) atoms. The van der Waals surface area contributed by atoms with Crippen molar-refractivity contribution in [1.29, 1.82) is 0 Å². The van der Waals surface area contributed by atoms with Crippen LogP contribution in [0.15, 0.2) is 36.9 Å². The molecule has 2 N–H and O–H groups in total. The zero-order valence-electron chi connectivity index (χ0n) is 12.3. The Labute approximate surface area is 121 Å². The number of rotatable bonds is 6. The van der Waals surface area contributed by atoms with Crippen LogP contribution in [0.1, 0.15) is 38.2 Å². The lowest BCUT2D eigenvalue weighted by molar-refractivity contribution is 0.138. The van der Waals surface area contributed by atoms with Crippen molar-refractivity contribution in [3.63, 3.8) is 0 Å². The van der Waals surface area contributed by atoms with Crippen LogP contribution in [0.3, 0.4) is 0 Å². The lowest BCUT2D eigenvalue weighted by Crippen LogP contribution is -2.55. The minimum Gasteiger partial charge on any atom is -0.320 e. The van der Waals surface area contributed by atoms with Crippen molar-refractivity contribution in [2.75, 3.05) is 13.1 Å². The molecule has 1 aromatic carbocycles. The topological polar surface area (TPSA) is 29.3 Å². The van der Waals surface area contributed by atoms with E-state index in [9.17, 15) is 4.39 Å². The molecule has 2 nitrogen and oxygen atoms in total. The van der Waals surface area contributed by atoms with Crippen molar-refractivity contribution in [2.24, 2.45) is 5.73 Å². The molecule has 0 amide bonds. The van der Waals surface area contributed by atoms with Gasteiger partial charge in [-0.25, -0.2) is 4.39 Å². The Morgan fingerprint density at radius 1 is 1.40 bits per heavy atom. The molecule has 1 aromatic rings. The third-order valence-electron chi connectivity index (χ3n) is 4.42. The zero-order valence-corrected chi connectivity index (χ0v) is 12.3. The van der Waals surface area contributed by atoms with Gasteiger partial charge >= 0.3 is 0 Å². The Morgan fingerprint density at radius 3 is 2.60 bits per heavy atom. The van der Waals surface area contributed by atoms with Gasteiger partial charge in [-0.05, 0) is 44.8 Å². The fourth-order valence-electron chi connectivity index (χ4n) is 3.50. The summed E-state index contributed by atoms with van der Waals surface area (Å²) in [5, 5.41) is 0. The highest BCUT2D eigenvalue weighted by Gasteiger charge is 2.40. The van der Waals surface area contributed by atoms with Gasteiger partial charge < -0.3 is 5.73 Å². The highest BCUT2D eigenvalue weighted by atomic mass is 19.1. The van der Waals surface area contributed by atoms with Crippen molar-refractivity contribution in [3.8, 4) is 0 Å². The lowest BCUT2D eigenvalue weighted by Gasteiger charge is -2.42. The van der Waals surface area contributed by atoms with Crippen LogP contribution in [0.25, 0.3) is 0 Å². The minimum atomic E-state index is -0.702. The summed E-state index contributed by atoms with van der Waals surface area (Å²) in [6.45, 7) is 8.07. The van der Waals surface area contributed by atoms with Crippen molar-refractivity contribution >= 4 is 0 Å². The van der Waals surface area contributed by atoms with E-state index in [1.807, 2.05) is 18.2 Å². The highest BCUT2D eigenvalue weighted by Crippen LogP contribution is 2.34. The molecule has 1 heterocycles. The summed E-state index contributed by atoms with van der Waals surface area (Å²) in [5.41, 5.74) is 6.62. The fraction of sp³-hybridized carbons (Fsp3) is 0.529. The second-order valence-corrected chi connectivity index (χ2v) is 5.68. The maximum Gasteiger partial charge on any atom is 0.128 e. The largest absolute Gasteiger partial charge is 0.320 e. The third kappa shape index (κ3) is 2.79. The number of hydrogen-bond donors (Lipinski definition) is 1. The van der Waals surface area contributed by atoms with Gasteiger partial charge in [0.1, 0.15) is 5.82 Å². The Kier molecular flexibility index (Phi) is 4.95. The lowest BCUT2D eigenvalue weighted by atomic mass is 9.78. The molecule has 0 radical (unpaired) electrons. The van der Waals surface area contributed by atoms with Gasteiger partial charge in [-0.2, -0.15) is 0 Å². The number of likely N-dealkylation sites (tertiary alicyclic amines) is 1. The van der Waals surface area contributed by atoms with E-state index in [0.29, 0.717) is 12.0 Å². The number of nitrogens with zero attached hydrogens (tertiary/aromatic N) is 1. The molecule has 2 atom stereocenters. The van der Waals surface area contributed by atoms with Crippen LogP contribution < -0.4 is 5.73 Å². The van der Waals surface area contributed by atoms with Gasteiger partial charge in [0.2, 0.25) is 0 Å². The summed E-state index contributed by atoms with van der Waals surface area (Å²) in [6.07, 6.45) is 5.72. The van der Waals surface area contributed by atoms with E-state index in [1.54, 1.807) is 6.07 Å². The van der Waals surface area contributed by atoms with Crippen molar-refractivity contribution in [2.45, 2.75) is 44.2 Å². The van der Waals surface area contributed by atoms with E-state index >= 15 is 0 Å². The van der Waals surface area contributed by atoms with E-state index in [-0.39, 0.29) is 11.9 Å². The number of benzene rings is 1. The quantitative estimate of drug-likeness (QED) is 0.807. The van der Waals surface area contributed by atoms with Gasteiger partial charge in [0, 0.05) is 11.6 Å². The molecule has 1 aliphatic rings. The van der Waals surface area contributed by atoms with Crippen molar-refractivity contribution < 1.29 is 4.39 Å². The normalized spacial score (nSPS) is 20.6. The first-order valence-electron chi connectivity index (χ1n) is 7.52. The van der Waals surface area contributed by atoms with Crippen LogP contribution >= 0.6 is 0 Å². The first-order chi connectivity index (χ1) is 9.63. The zero-order chi connectivity index (χ0) is 14.6. The van der Waals surface area contributed by atoms with Gasteiger partial charge in [-0.3, -0.25) is 4.90 Å². The molecular weight excluding hydrogens is 251 g/mol. The first-order valence-corrected chi connectivity index (χ1v) is 7.52. The number of halogens is 1. The molecule has 0 bridgehead atoms. The van der Waals surface area contributed by atoms with Gasteiger partial charge in [0.15, 0.2) is 0 Å². The van der Waals surface area contributed by atoms with Crippen molar-refractivity contribution in [3.05, 3.63) is 48.3 Å². The average molecular weight is 276 g/mol. The Morgan fingerprint density at radius 2 is 2.05 bits per heavy atom. The molecule has 0 saturated carbocycles. The first kappa shape index (κ1) is 15.2. The molecule has 1 saturated heterocycles. The molecular formula is C17H25FN2. The molecule has 0 aromatic heterocycles. The van der Waals surface area contributed by atoms with Crippen molar-refractivity contribution in [1.82, 2.24) is 4.90 Å². The summed E-state index contributed by atoms with van der Waals surface area (Å²) in [5.74, 6) is -0.213. The Bertz CT molecular complexity index is 454. The summed E-state index contributed by atoms with van der Waals surface area (Å²) >= 11 is 0. The second-order valence-electron chi connectivity index (χ2n) is 5.68. The van der Waals surface area contributed by atoms with Gasteiger partial charge in [0.25, 0.3) is 0 Å². The summed E-state index contributed by atoms with van der Waals surface area (Å²) in [6, 6.07) is 7.04. The SMILES string of the molecule is C=CCC(N)(c1ccccc1F)C(CC)N1CCCC1. The summed E-state index contributed by atoms with van der Waals surface area (Å²) in [4.78, 5) is 2.41. The molecule has 2 unspecified atom stereocenters. The van der Waals surface area contributed by atoms with E-state index in [2.05, 4.69) is 18.4 Å². The second kappa shape index (κ2) is 6.51. The van der Waals surface area contributed by atoms with E-state index in [0.717, 1.165) is 19.5 Å². The van der Waals surface area contributed by atoms with Gasteiger partial charge in [0.05, 0.1) is 5.54 Å². The molecule has 0 spiro atoms. The summed E-state index contributed by atoms with van der Waals surface area (Å²) in [7, 11) is 0. The predicted octanol–water partition coefficient (Wildman–Crippen LogP) is 3.43. The maximum absolute atomic E-state index is 14.3. The van der Waals surface area contributed by atoms with Crippen LogP contribution in [-0.2, 0) is 5.54 Å². The number of nitrogens with two attached hydrogens (primary N) is 1. The molecule has 0 aliphatic carbocycles. The maximum atomic E-state index is 14.3. The van der Waals surface area contributed by atoms with Crippen LogP contribution in [-0.4, -0.2) is 24.0 Å². The van der Waals surface area contributed by atoms with E-state index in [4.69, 9.17) is 5.73 Å². The third-order valence-corrected chi connectivity index (χ3v) is 4.42. The fourth-order valence-corrected chi connectivity index (χ4v) is 3.50. The Hall–Kier alpha value is -1.19. The van der Waals surface area contributed by atoms with E-state index in [1.165, 1.54) is 18.9 Å². The molecule has 1 aliphatic heterocycles. The molecule has 1 fully saturated rings. The molecule has 110 valence electrons. The smallest absolute Gasteiger partial charge is 0.128 e. The van der Waals surface area contributed by atoms with Crippen LogP contribution in [0.4, 0.5) is 4.39 Å². The standard InChI is InChI=1S/C17H25FN2/c1-3-11-17(19,14-9-5-6-10-15(14)18)16(4-2)20-12-7-8-13-20/h3,5-6,9-10,16H,1,4,7-8,11-13,19H2,2H3. The number of hydrogen-bond acceptors (Lipinski definition) is 2. The monoisotopic (exact) mass is 276 g/mol. The molecule has 3 heteroatoms. The van der Waals surface area contributed by atoms with E-state index < -0.39 is 5.54 Å². The summed E-state index contributed by atoms with van der Waals surface area (Å²) < 4.78 is 14.3. The van der Waals surface area contributed by atoms with Crippen LogP contribution in [0.2, 0.25) is 0 Å². The average Bonchev–Trinajstić information content (AvgIpc) is 2.94. The molecule has 2 rings (SSSR count). The Balaban J connectivity index is 2.41. The highest BCUT2D eigenvalue weighted by molar-refractivity contribution is 5.29. The minimum absolute atomic E-state index is 0.153.